The van der Waals surface area contributed by atoms with E-state index >= 15 is 0 Å². The highest BCUT2D eigenvalue weighted by Crippen LogP contribution is 2.31. The van der Waals surface area contributed by atoms with Crippen LogP contribution in [0.3, 0.4) is 0 Å². The molecule has 0 saturated heterocycles. The molecule has 0 fully saturated rings. The Morgan fingerprint density at radius 3 is 2.84 bits per heavy atom. The number of benzene rings is 1. The van der Waals surface area contributed by atoms with Crippen molar-refractivity contribution >= 4 is 27.5 Å². The summed E-state index contributed by atoms with van der Waals surface area (Å²) in [5.41, 5.74) is 6.71. The third-order valence-corrected chi connectivity index (χ3v) is 3.85. The Kier molecular flexibility index (Phi) is 4.34. The minimum atomic E-state index is -0.748. The highest BCUT2D eigenvalue weighted by atomic mass is 79.9. The summed E-state index contributed by atoms with van der Waals surface area (Å²) in [5, 5.41) is -0.00558. The zero-order valence-electron chi connectivity index (χ0n) is 9.90. The second kappa shape index (κ2) is 5.81. The van der Waals surface area contributed by atoms with Crippen LogP contribution < -0.4 is 10.5 Å². The first-order valence-electron chi connectivity index (χ1n) is 5.29. The summed E-state index contributed by atoms with van der Waals surface area (Å²) in [6.45, 7) is 0. The molecule has 1 atom stereocenters. The summed E-state index contributed by atoms with van der Waals surface area (Å²) in [5.74, 6) is -0.204. The number of hydrogen-bond acceptors (Lipinski definition) is 4. The summed E-state index contributed by atoms with van der Waals surface area (Å²) in [7, 11) is 1.48. The molecule has 2 N–H and O–H groups in total. The molecule has 0 aliphatic carbocycles. The van der Waals surface area contributed by atoms with Crippen LogP contribution in [-0.4, -0.2) is 17.1 Å². The van der Waals surface area contributed by atoms with Crippen molar-refractivity contribution in [2.24, 2.45) is 5.73 Å². The van der Waals surface area contributed by atoms with E-state index < -0.39 is 11.9 Å². The van der Waals surface area contributed by atoms with Crippen molar-refractivity contribution < 1.29 is 9.13 Å². The van der Waals surface area contributed by atoms with Gasteiger partial charge < -0.3 is 10.5 Å². The zero-order chi connectivity index (χ0) is 14.0. The monoisotopic (exact) mass is 345 g/mol. The van der Waals surface area contributed by atoms with E-state index in [1.165, 1.54) is 13.4 Å². The molecule has 7 heteroatoms. The molecule has 2 aromatic rings. The van der Waals surface area contributed by atoms with Gasteiger partial charge in [0.05, 0.1) is 23.9 Å². The molecule has 2 rings (SSSR count). The van der Waals surface area contributed by atoms with Gasteiger partial charge in [0.25, 0.3) is 0 Å². The molecule has 100 valence electrons. The van der Waals surface area contributed by atoms with Crippen molar-refractivity contribution in [3.63, 3.8) is 0 Å². The number of nitrogens with zero attached hydrogens (tertiary/aromatic N) is 2. The molecule has 0 aliphatic rings. The van der Waals surface area contributed by atoms with Gasteiger partial charge >= 0.3 is 0 Å². The first-order valence-corrected chi connectivity index (χ1v) is 6.46. The Labute approximate surface area is 122 Å². The van der Waals surface area contributed by atoms with Crippen LogP contribution in [-0.2, 0) is 0 Å². The van der Waals surface area contributed by atoms with Crippen LogP contribution in [0.1, 0.15) is 17.3 Å². The molecular weight excluding hydrogens is 337 g/mol. The Morgan fingerprint density at radius 2 is 2.16 bits per heavy atom. The third kappa shape index (κ3) is 2.86. The molecule has 0 bridgehead atoms. The number of rotatable bonds is 3. The number of nitrogens with two attached hydrogens (primary N) is 1. The second-order valence-corrected chi connectivity index (χ2v) is 4.96. The van der Waals surface area contributed by atoms with Crippen molar-refractivity contribution in [3.8, 4) is 5.88 Å². The first kappa shape index (κ1) is 14.2. The van der Waals surface area contributed by atoms with Gasteiger partial charge in [-0.05, 0) is 22.0 Å². The van der Waals surface area contributed by atoms with E-state index in [-0.39, 0.29) is 10.6 Å². The van der Waals surface area contributed by atoms with Crippen LogP contribution in [0.25, 0.3) is 0 Å². The minimum Gasteiger partial charge on any atom is -0.481 e. The van der Waals surface area contributed by atoms with Gasteiger partial charge in [0, 0.05) is 16.1 Å². The van der Waals surface area contributed by atoms with E-state index in [1.54, 1.807) is 18.2 Å². The average molecular weight is 347 g/mol. The summed E-state index contributed by atoms with van der Waals surface area (Å²) in [6.07, 6.45) is 1.31. The van der Waals surface area contributed by atoms with E-state index in [1.807, 2.05) is 0 Å². The van der Waals surface area contributed by atoms with Gasteiger partial charge in [-0.1, -0.05) is 17.7 Å². The topological polar surface area (TPSA) is 61.0 Å². The summed E-state index contributed by atoms with van der Waals surface area (Å²) in [6, 6.07) is 4.01. The Balaban J connectivity index is 2.44. The van der Waals surface area contributed by atoms with Crippen LogP contribution >= 0.6 is 27.5 Å². The Hall–Kier alpha value is -1.24. The molecule has 1 aromatic heterocycles. The first-order chi connectivity index (χ1) is 9.04. The predicted molar refractivity (Wildman–Crippen MR) is 73.7 cm³/mol. The lowest BCUT2D eigenvalue weighted by atomic mass is 10.0. The van der Waals surface area contributed by atoms with Gasteiger partial charge in [-0.15, -0.1) is 0 Å². The van der Waals surface area contributed by atoms with Crippen LogP contribution in [0.2, 0.25) is 5.02 Å². The van der Waals surface area contributed by atoms with Crippen molar-refractivity contribution in [1.29, 1.82) is 0 Å². The fourth-order valence-corrected chi connectivity index (χ4v) is 2.05. The van der Waals surface area contributed by atoms with Gasteiger partial charge in [-0.25, -0.2) is 14.4 Å². The largest absolute Gasteiger partial charge is 0.481 e. The van der Waals surface area contributed by atoms with Crippen LogP contribution in [0.4, 0.5) is 4.39 Å². The van der Waals surface area contributed by atoms with Crippen LogP contribution in [0.5, 0.6) is 5.88 Å². The molecule has 0 spiro atoms. The summed E-state index contributed by atoms with van der Waals surface area (Å²) >= 11 is 8.99. The lowest BCUT2D eigenvalue weighted by Crippen LogP contribution is -2.15. The Morgan fingerprint density at radius 1 is 1.42 bits per heavy atom. The molecule has 1 unspecified atom stereocenters. The lowest BCUT2D eigenvalue weighted by Gasteiger charge is -2.14. The maximum Gasteiger partial charge on any atom is 0.216 e. The SMILES string of the molecule is COc1cc(C(N)c2ccc(Br)c(Cl)c2F)ncn1. The zero-order valence-corrected chi connectivity index (χ0v) is 12.2. The lowest BCUT2D eigenvalue weighted by molar-refractivity contribution is 0.395. The van der Waals surface area contributed by atoms with Gasteiger partial charge in [-0.2, -0.15) is 0 Å². The number of methoxy groups -OCH3 is 1. The maximum absolute atomic E-state index is 14.1. The van der Waals surface area contributed by atoms with Gasteiger partial charge in [0.2, 0.25) is 5.88 Å². The highest BCUT2D eigenvalue weighted by Gasteiger charge is 2.19. The molecular formula is C12H10BrClFN3O. The van der Waals surface area contributed by atoms with E-state index in [2.05, 4.69) is 25.9 Å². The third-order valence-electron chi connectivity index (χ3n) is 2.59. The average Bonchev–Trinajstić information content (AvgIpc) is 2.44. The van der Waals surface area contributed by atoms with E-state index in [4.69, 9.17) is 22.1 Å². The normalized spacial score (nSPS) is 12.3. The van der Waals surface area contributed by atoms with Crippen molar-refractivity contribution in [2.75, 3.05) is 7.11 Å². The Bertz CT molecular complexity index is 612. The fraction of sp³-hybridized carbons (Fsp3) is 0.167. The summed E-state index contributed by atoms with van der Waals surface area (Å²) < 4.78 is 19.5. The molecule has 1 heterocycles. The summed E-state index contributed by atoms with van der Waals surface area (Å²) in [4.78, 5) is 7.89. The fourth-order valence-electron chi connectivity index (χ4n) is 1.58. The quantitative estimate of drug-likeness (QED) is 0.868. The molecule has 0 aliphatic heterocycles. The van der Waals surface area contributed by atoms with Crippen molar-refractivity contribution in [2.45, 2.75) is 6.04 Å². The van der Waals surface area contributed by atoms with Gasteiger partial charge in [0.15, 0.2) is 0 Å². The van der Waals surface area contributed by atoms with E-state index in [0.717, 1.165) is 0 Å². The second-order valence-electron chi connectivity index (χ2n) is 3.73. The number of halogens is 3. The van der Waals surface area contributed by atoms with E-state index in [0.29, 0.717) is 16.0 Å². The van der Waals surface area contributed by atoms with Crippen LogP contribution in [0, 0.1) is 5.82 Å². The molecule has 19 heavy (non-hydrogen) atoms. The minimum absolute atomic E-state index is 0.00558. The molecule has 4 nitrogen and oxygen atoms in total. The molecule has 0 saturated carbocycles. The highest BCUT2D eigenvalue weighted by molar-refractivity contribution is 9.10. The van der Waals surface area contributed by atoms with Gasteiger partial charge in [-0.3, -0.25) is 0 Å². The van der Waals surface area contributed by atoms with E-state index in [9.17, 15) is 4.39 Å². The molecule has 0 radical (unpaired) electrons. The predicted octanol–water partition coefficient (Wildman–Crippen LogP) is 3.09. The smallest absolute Gasteiger partial charge is 0.216 e. The standard InChI is InChI=1S/C12H10BrClFN3O/c1-19-9-4-8(17-5-18-9)12(16)6-2-3-7(13)10(14)11(6)15/h2-5,12H,16H2,1H3. The number of hydrogen-bond donors (Lipinski definition) is 1. The number of aromatic nitrogens is 2. The molecule has 0 amide bonds. The van der Waals surface area contributed by atoms with Crippen molar-refractivity contribution in [3.05, 3.63) is 51.1 Å². The maximum atomic E-state index is 14.1. The number of ether oxygens (including phenoxy) is 1. The van der Waals surface area contributed by atoms with Crippen molar-refractivity contribution in [1.82, 2.24) is 9.97 Å². The van der Waals surface area contributed by atoms with Gasteiger partial charge in [0.1, 0.15) is 12.1 Å². The van der Waals surface area contributed by atoms with Crippen LogP contribution in [0.15, 0.2) is 29.0 Å². The molecule has 1 aromatic carbocycles.